The zero-order chi connectivity index (χ0) is 39.3. The molecule has 6 N–H and O–H groups in total. The normalized spacial score (nSPS) is 13.5. The van der Waals surface area contributed by atoms with Gasteiger partial charge in [-0.25, -0.2) is 0 Å². The van der Waals surface area contributed by atoms with Gasteiger partial charge in [-0.05, 0) is 19.8 Å². The third-order valence-electron chi connectivity index (χ3n) is 8.93. The predicted octanol–water partition coefficient (Wildman–Crippen LogP) is 7.12. The zero-order valence-electron chi connectivity index (χ0n) is 33.8. The Kier molecular flexibility index (Phi) is 37.6. The Balaban J connectivity index is 4.35. The predicted molar refractivity (Wildman–Crippen MR) is 219 cm³/mol. The number of rotatable bonds is 41. The summed E-state index contributed by atoms with van der Waals surface area (Å²) in [4.78, 5) is 42.7. The van der Waals surface area contributed by atoms with E-state index in [1.165, 1.54) is 116 Å². The summed E-state index contributed by atoms with van der Waals surface area (Å²) in [6, 6.07) is -1.52. The van der Waals surface area contributed by atoms with E-state index in [1.54, 1.807) is 18.7 Å². The Morgan fingerprint density at radius 1 is 0.642 bits per heavy atom. The van der Waals surface area contributed by atoms with Gasteiger partial charge in [-0.3, -0.25) is 14.2 Å². The molecule has 0 rings (SSSR count). The molecular formula is C39H80N3O9PS. The molecule has 0 bridgehead atoms. The minimum absolute atomic E-state index is 0.0517. The topological polar surface area (TPSA) is 179 Å². The average molecular weight is 798 g/mol. The molecule has 53 heavy (non-hydrogen) atoms. The quantitative estimate of drug-likeness (QED) is 0.0314. The number of amides is 2. The summed E-state index contributed by atoms with van der Waals surface area (Å²) in [5, 5.41) is 5.39. The highest BCUT2D eigenvalue weighted by molar-refractivity contribution is 7.99. The molecule has 0 aliphatic rings. The van der Waals surface area contributed by atoms with Crippen LogP contribution in [0.3, 0.4) is 0 Å². The van der Waals surface area contributed by atoms with Crippen LogP contribution in [0.4, 0.5) is 0 Å². The second kappa shape index (κ2) is 38.1. The number of nitrogens with one attached hydrogen (secondary N) is 2. The Morgan fingerprint density at radius 2 is 1.13 bits per heavy atom. The summed E-state index contributed by atoms with van der Waals surface area (Å²) in [5.41, 5.74) is 6.19. The number of carbonyl (C=O) groups excluding carboxylic acids is 2. The number of thioether (sulfide) groups is 1. The molecular weight excluding hydrogens is 717 g/mol. The van der Waals surface area contributed by atoms with E-state index in [4.69, 9.17) is 34.5 Å². The van der Waals surface area contributed by atoms with Crippen molar-refractivity contribution in [1.82, 2.24) is 10.6 Å². The lowest BCUT2D eigenvalue weighted by atomic mass is 10.1. The Morgan fingerprint density at radius 3 is 1.66 bits per heavy atom. The molecule has 14 heteroatoms. The van der Waals surface area contributed by atoms with E-state index >= 15 is 0 Å². The lowest BCUT2D eigenvalue weighted by molar-refractivity contribution is -0.129. The summed E-state index contributed by atoms with van der Waals surface area (Å²) < 4.78 is 33.5. The summed E-state index contributed by atoms with van der Waals surface area (Å²) in [7, 11) is -4.06. The van der Waals surface area contributed by atoms with Crippen LogP contribution in [-0.4, -0.2) is 110 Å². The zero-order valence-corrected chi connectivity index (χ0v) is 35.5. The molecule has 0 spiro atoms. The largest absolute Gasteiger partial charge is 0.379 e. The highest BCUT2D eigenvalue weighted by Crippen LogP contribution is 2.33. The van der Waals surface area contributed by atoms with Gasteiger partial charge in [-0.1, -0.05) is 129 Å². The lowest BCUT2D eigenvalue weighted by Gasteiger charge is -2.20. The molecule has 0 heterocycles. The van der Waals surface area contributed by atoms with Gasteiger partial charge in [0.15, 0.2) is 0 Å². The van der Waals surface area contributed by atoms with Crippen LogP contribution >= 0.6 is 19.4 Å². The monoisotopic (exact) mass is 798 g/mol. The fraction of sp³-hybridized carbons (Fsp3) is 0.949. The van der Waals surface area contributed by atoms with E-state index in [2.05, 4.69) is 24.5 Å². The minimum Gasteiger partial charge on any atom is -0.379 e. The molecule has 3 atom stereocenters. The molecule has 0 unspecified atom stereocenters. The summed E-state index contributed by atoms with van der Waals surface area (Å²) >= 11 is 1.57. The van der Waals surface area contributed by atoms with Gasteiger partial charge in [0.2, 0.25) is 11.8 Å². The number of hydrogen-bond acceptors (Lipinski definition) is 9. The minimum atomic E-state index is -4.06. The molecule has 12 nitrogen and oxygen atoms in total. The summed E-state index contributed by atoms with van der Waals surface area (Å²) in [6.07, 6.45) is 25.3. The first kappa shape index (κ1) is 52.2. The molecule has 0 aliphatic heterocycles. The van der Waals surface area contributed by atoms with Gasteiger partial charge in [-0.2, -0.15) is 11.8 Å². The first-order valence-corrected chi connectivity index (χ1v) is 23.9. The van der Waals surface area contributed by atoms with Crippen molar-refractivity contribution < 1.29 is 42.9 Å². The molecule has 0 aromatic carbocycles. The van der Waals surface area contributed by atoms with Crippen molar-refractivity contribution in [3.8, 4) is 0 Å². The maximum Gasteiger partial charge on any atom is 0.327 e. The molecule has 0 fully saturated rings. The van der Waals surface area contributed by atoms with E-state index in [0.29, 0.717) is 24.7 Å². The van der Waals surface area contributed by atoms with E-state index in [-0.39, 0.29) is 57.1 Å². The van der Waals surface area contributed by atoms with Crippen LogP contribution in [0.25, 0.3) is 0 Å². The highest BCUT2D eigenvalue weighted by atomic mass is 32.2. The summed E-state index contributed by atoms with van der Waals surface area (Å²) in [5.74, 6) is 0.353. The maximum atomic E-state index is 12.7. The standard InChI is InChI=1S/C39H80N3O9PS/c1-4-6-8-10-12-14-16-18-20-22-25-50-32-36(51-26-23-21-19-17-15-13-11-9-7-5-2)33-53-34-37(40)39(44)42-35(3)38(43)41-24-27-48-28-29-49-30-31-52(45,46)47/h35-37H,4-34,40H2,1-3H3,(H,41,43)(H,42,44)(H2,45,46,47)/t35-,36+,37-/m0/s1. The lowest BCUT2D eigenvalue weighted by Crippen LogP contribution is -2.51. The van der Waals surface area contributed by atoms with Crippen molar-refractivity contribution in [3.63, 3.8) is 0 Å². The van der Waals surface area contributed by atoms with Crippen molar-refractivity contribution in [2.75, 3.05) is 70.5 Å². The second-order valence-electron chi connectivity index (χ2n) is 14.2. The molecule has 0 aliphatic carbocycles. The third-order valence-corrected chi connectivity index (χ3v) is 10.9. The number of unbranched alkanes of at least 4 members (excludes halogenated alkanes) is 18. The van der Waals surface area contributed by atoms with Gasteiger partial charge >= 0.3 is 7.60 Å². The number of hydrogen-bond donors (Lipinski definition) is 5. The molecule has 0 aromatic heterocycles. The van der Waals surface area contributed by atoms with Gasteiger partial charge in [-0.15, -0.1) is 0 Å². The van der Waals surface area contributed by atoms with Crippen LogP contribution in [0, 0.1) is 0 Å². The Hall–Kier alpha value is -0.760. The Bertz CT molecular complexity index is 887. The fourth-order valence-corrected chi connectivity index (χ4v) is 6.95. The molecule has 0 saturated heterocycles. The van der Waals surface area contributed by atoms with Gasteiger partial charge in [0.25, 0.3) is 0 Å². The fourth-order valence-electron chi connectivity index (χ4n) is 5.58. The van der Waals surface area contributed by atoms with Crippen LogP contribution < -0.4 is 16.4 Å². The van der Waals surface area contributed by atoms with E-state index in [0.717, 1.165) is 19.4 Å². The molecule has 0 aromatic rings. The van der Waals surface area contributed by atoms with Crippen molar-refractivity contribution in [1.29, 1.82) is 0 Å². The smallest absolute Gasteiger partial charge is 0.327 e. The first-order valence-electron chi connectivity index (χ1n) is 20.9. The Labute approximate surface area is 327 Å². The van der Waals surface area contributed by atoms with Crippen molar-refractivity contribution in [2.45, 2.75) is 167 Å². The maximum absolute atomic E-state index is 12.7. The van der Waals surface area contributed by atoms with Crippen LogP contribution in [-0.2, 0) is 33.1 Å². The van der Waals surface area contributed by atoms with Gasteiger partial charge in [0.05, 0.1) is 51.3 Å². The van der Waals surface area contributed by atoms with Crippen LogP contribution in [0.15, 0.2) is 0 Å². The third kappa shape index (κ3) is 37.9. The molecule has 0 radical (unpaired) electrons. The van der Waals surface area contributed by atoms with Gasteiger partial charge < -0.3 is 45.1 Å². The highest BCUT2D eigenvalue weighted by Gasteiger charge is 2.21. The SMILES string of the molecule is CCCCCCCCCCCCOC[C@H](CSC[C@H](N)C(=O)N[C@@H](C)C(=O)NCCOCCOCCP(=O)(O)O)OCCCCCCCCCCCC. The summed E-state index contributed by atoms with van der Waals surface area (Å²) in [6.45, 7) is 8.94. The van der Waals surface area contributed by atoms with Crippen molar-refractivity contribution in [3.05, 3.63) is 0 Å². The van der Waals surface area contributed by atoms with Gasteiger partial charge in [0, 0.05) is 31.3 Å². The molecule has 0 saturated carbocycles. The van der Waals surface area contributed by atoms with E-state index in [9.17, 15) is 14.2 Å². The van der Waals surface area contributed by atoms with Crippen LogP contribution in [0.5, 0.6) is 0 Å². The number of carbonyl (C=O) groups is 2. The van der Waals surface area contributed by atoms with E-state index in [1.807, 2.05) is 0 Å². The molecule has 2 amide bonds. The van der Waals surface area contributed by atoms with Crippen molar-refractivity contribution >= 4 is 31.2 Å². The average Bonchev–Trinajstić information content (AvgIpc) is 3.12. The molecule has 316 valence electrons. The van der Waals surface area contributed by atoms with Crippen LogP contribution in [0.1, 0.15) is 149 Å². The number of ether oxygens (including phenoxy) is 4. The number of nitrogens with two attached hydrogens (primary N) is 1. The van der Waals surface area contributed by atoms with E-state index < -0.39 is 19.7 Å². The van der Waals surface area contributed by atoms with Crippen molar-refractivity contribution in [2.24, 2.45) is 5.73 Å². The first-order chi connectivity index (χ1) is 25.6. The van der Waals surface area contributed by atoms with Gasteiger partial charge in [0.1, 0.15) is 6.04 Å². The second-order valence-corrected chi connectivity index (χ2v) is 17.1. The van der Waals surface area contributed by atoms with Crippen LogP contribution in [0.2, 0.25) is 0 Å².